The molecule has 6 nitrogen and oxygen atoms in total. The van der Waals surface area contributed by atoms with Gasteiger partial charge in [-0.25, -0.2) is 0 Å². The zero-order chi connectivity index (χ0) is 19.2. The summed E-state index contributed by atoms with van der Waals surface area (Å²) < 4.78 is 6.39. The van der Waals surface area contributed by atoms with Gasteiger partial charge in [-0.05, 0) is 56.3 Å². The molecule has 0 radical (unpaired) electrons. The first kappa shape index (κ1) is 18.2. The standard InChI is InChI=1S/C21H30O6/c1-18-6-5-16-20-7-4-12(23)10-19(20,26)8-9-21(16,27-17(20)25)15(18)3-2-13(18)14(24)11-22/h13,15-17,22,25-26H,2-11H2,1H3/t13-,15-,16-,17-,18+,19+,20-,21-/m0/s1. The van der Waals surface area contributed by atoms with E-state index in [1.165, 1.54) is 0 Å². The van der Waals surface area contributed by atoms with Gasteiger partial charge in [-0.15, -0.1) is 0 Å². The average molecular weight is 378 g/mol. The highest BCUT2D eigenvalue weighted by Gasteiger charge is 2.79. The van der Waals surface area contributed by atoms with Crippen molar-refractivity contribution in [1.82, 2.24) is 0 Å². The summed E-state index contributed by atoms with van der Waals surface area (Å²) in [6, 6.07) is 0. The van der Waals surface area contributed by atoms with Crippen molar-refractivity contribution in [2.75, 3.05) is 6.61 Å². The molecule has 3 N–H and O–H groups in total. The highest BCUT2D eigenvalue weighted by atomic mass is 16.6. The Morgan fingerprint density at radius 3 is 2.67 bits per heavy atom. The fourth-order valence-corrected chi connectivity index (χ4v) is 8.45. The SMILES string of the molecule is C[C@]12CC[C@@H]3[C@]4(CC[C@@]5(O)CC(=O)CC[C@@]35[C@@H](O)O4)[C@H]1CC[C@H]2C(=O)CO. The van der Waals surface area contributed by atoms with Gasteiger partial charge in [-0.1, -0.05) is 6.92 Å². The van der Waals surface area contributed by atoms with Gasteiger partial charge in [0.2, 0.25) is 0 Å². The largest absolute Gasteiger partial charge is 0.389 e. The van der Waals surface area contributed by atoms with E-state index in [1.807, 2.05) is 0 Å². The smallest absolute Gasteiger partial charge is 0.164 e. The number of hydrogen-bond donors (Lipinski definition) is 3. The summed E-state index contributed by atoms with van der Waals surface area (Å²) in [6.45, 7) is 1.73. The number of carbonyl (C=O) groups is 2. The molecule has 0 amide bonds. The van der Waals surface area contributed by atoms with Crippen molar-refractivity contribution in [2.45, 2.75) is 82.2 Å². The van der Waals surface area contributed by atoms with Crippen LogP contribution >= 0.6 is 0 Å². The van der Waals surface area contributed by atoms with Crippen LogP contribution in [0.1, 0.15) is 64.7 Å². The molecule has 27 heavy (non-hydrogen) atoms. The van der Waals surface area contributed by atoms with Crippen LogP contribution in [0.15, 0.2) is 0 Å². The molecule has 5 aliphatic rings. The first-order chi connectivity index (χ1) is 12.7. The third-order valence-corrected chi connectivity index (χ3v) is 9.53. The Bertz CT molecular complexity index is 707. The Balaban J connectivity index is 1.58. The number of carbonyl (C=O) groups excluding carboxylic acids is 2. The molecule has 1 aliphatic heterocycles. The lowest BCUT2D eigenvalue weighted by atomic mass is 9.42. The maximum Gasteiger partial charge on any atom is 0.164 e. The molecule has 2 bridgehead atoms. The first-order valence-corrected chi connectivity index (χ1v) is 10.5. The molecule has 0 aromatic carbocycles. The van der Waals surface area contributed by atoms with Crippen LogP contribution in [0.5, 0.6) is 0 Å². The van der Waals surface area contributed by atoms with Crippen LogP contribution in [0, 0.1) is 28.6 Å². The second-order valence-corrected chi connectivity index (χ2v) is 10.1. The minimum Gasteiger partial charge on any atom is -0.389 e. The van der Waals surface area contributed by atoms with Crippen molar-refractivity contribution in [3.05, 3.63) is 0 Å². The predicted molar refractivity (Wildman–Crippen MR) is 94.4 cm³/mol. The molecule has 1 saturated heterocycles. The summed E-state index contributed by atoms with van der Waals surface area (Å²) in [5.41, 5.74) is -2.70. The summed E-state index contributed by atoms with van der Waals surface area (Å²) in [5.74, 6) is -0.00856. The molecule has 1 spiro atoms. The van der Waals surface area contributed by atoms with Gasteiger partial charge in [0.1, 0.15) is 12.4 Å². The highest BCUT2D eigenvalue weighted by Crippen LogP contribution is 2.75. The van der Waals surface area contributed by atoms with Gasteiger partial charge in [-0.2, -0.15) is 0 Å². The van der Waals surface area contributed by atoms with E-state index in [0.29, 0.717) is 25.7 Å². The third-order valence-electron chi connectivity index (χ3n) is 9.53. The molecule has 4 aliphatic carbocycles. The number of Topliss-reactive ketones (excluding diaryl/α,β-unsaturated/α-hetero) is 2. The van der Waals surface area contributed by atoms with E-state index in [9.17, 15) is 24.9 Å². The van der Waals surface area contributed by atoms with E-state index in [4.69, 9.17) is 4.74 Å². The zero-order valence-electron chi connectivity index (χ0n) is 15.9. The summed E-state index contributed by atoms with van der Waals surface area (Å²) in [6.07, 6.45) is 4.26. The monoisotopic (exact) mass is 378 g/mol. The second-order valence-electron chi connectivity index (χ2n) is 10.1. The van der Waals surface area contributed by atoms with E-state index >= 15 is 0 Å². The molecule has 8 atom stereocenters. The maximum absolute atomic E-state index is 12.4. The number of ketones is 2. The van der Waals surface area contributed by atoms with Crippen LogP contribution in [-0.4, -0.2) is 51.0 Å². The number of rotatable bonds is 2. The Hall–Kier alpha value is -0.820. The van der Waals surface area contributed by atoms with E-state index < -0.39 is 29.5 Å². The van der Waals surface area contributed by atoms with E-state index in [0.717, 1.165) is 25.7 Å². The van der Waals surface area contributed by atoms with Crippen molar-refractivity contribution in [3.63, 3.8) is 0 Å². The quantitative estimate of drug-likeness (QED) is 0.670. The molecule has 0 aromatic rings. The van der Waals surface area contributed by atoms with Crippen LogP contribution in [0.2, 0.25) is 0 Å². The van der Waals surface area contributed by atoms with Gasteiger partial charge >= 0.3 is 0 Å². The molecule has 4 saturated carbocycles. The molecule has 5 fully saturated rings. The minimum atomic E-state index is -1.18. The molecule has 5 rings (SSSR count). The van der Waals surface area contributed by atoms with Crippen molar-refractivity contribution in [2.24, 2.45) is 28.6 Å². The topological polar surface area (TPSA) is 104 Å². The summed E-state index contributed by atoms with van der Waals surface area (Å²) in [7, 11) is 0. The Morgan fingerprint density at radius 1 is 1.15 bits per heavy atom. The molecule has 1 heterocycles. The number of aliphatic hydroxyl groups excluding tert-OH is 2. The third kappa shape index (κ3) is 1.91. The molecular formula is C21H30O6. The van der Waals surface area contributed by atoms with Crippen LogP contribution in [-0.2, 0) is 14.3 Å². The van der Waals surface area contributed by atoms with E-state index in [1.54, 1.807) is 0 Å². The molecule has 0 unspecified atom stereocenters. The highest BCUT2D eigenvalue weighted by molar-refractivity contribution is 5.83. The lowest BCUT2D eigenvalue weighted by Gasteiger charge is -2.62. The number of ether oxygens (including phenoxy) is 1. The number of aliphatic hydroxyl groups is 3. The summed E-state index contributed by atoms with van der Waals surface area (Å²) in [5, 5.41) is 32.0. The number of hydrogen-bond acceptors (Lipinski definition) is 6. The van der Waals surface area contributed by atoms with Gasteiger partial charge in [0.15, 0.2) is 12.1 Å². The van der Waals surface area contributed by atoms with Crippen LogP contribution in [0.25, 0.3) is 0 Å². The van der Waals surface area contributed by atoms with Crippen molar-refractivity contribution >= 4 is 11.6 Å². The van der Waals surface area contributed by atoms with Crippen molar-refractivity contribution < 1.29 is 29.6 Å². The fraction of sp³-hybridized carbons (Fsp3) is 0.905. The lowest BCUT2D eigenvalue weighted by molar-refractivity contribution is -0.214. The first-order valence-electron chi connectivity index (χ1n) is 10.5. The predicted octanol–water partition coefficient (Wildman–Crippen LogP) is 1.34. The summed E-state index contributed by atoms with van der Waals surface area (Å²) in [4.78, 5) is 24.5. The lowest BCUT2D eigenvalue weighted by Crippen LogP contribution is -2.67. The van der Waals surface area contributed by atoms with Gasteiger partial charge < -0.3 is 20.1 Å². The van der Waals surface area contributed by atoms with Crippen LogP contribution in [0.4, 0.5) is 0 Å². The van der Waals surface area contributed by atoms with E-state index in [-0.39, 0.29) is 41.2 Å². The summed E-state index contributed by atoms with van der Waals surface area (Å²) >= 11 is 0. The molecular weight excluding hydrogens is 348 g/mol. The van der Waals surface area contributed by atoms with Crippen LogP contribution in [0.3, 0.4) is 0 Å². The maximum atomic E-state index is 12.4. The minimum absolute atomic E-state index is 0.0212. The Labute approximate surface area is 159 Å². The van der Waals surface area contributed by atoms with Crippen molar-refractivity contribution in [1.29, 1.82) is 0 Å². The van der Waals surface area contributed by atoms with Crippen LogP contribution < -0.4 is 0 Å². The van der Waals surface area contributed by atoms with Gasteiger partial charge in [-0.3, -0.25) is 9.59 Å². The van der Waals surface area contributed by atoms with E-state index in [2.05, 4.69) is 6.92 Å². The van der Waals surface area contributed by atoms with Gasteiger partial charge in [0.05, 0.1) is 16.6 Å². The molecule has 6 heteroatoms. The van der Waals surface area contributed by atoms with Gasteiger partial charge in [0, 0.05) is 24.7 Å². The Morgan fingerprint density at radius 2 is 1.93 bits per heavy atom. The second kappa shape index (κ2) is 5.41. The fourth-order valence-electron chi connectivity index (χ4n) is 8.45. The Kier molecular flexibility index (Phi) is 3.65. The van der Waals surface area contributed by atoms with Crippen molar-refractivity contribution in [3.8, 4) is 0 Å². The molecule has 0 aromatic heterocycles. The zero-order valence-corrected chi connectivity index (χ0v) is 15.9. The number of fused-ring (bicyclic) bond motifs is 1. The van der Waals surface area contributed by atoms with Gasteiger partial charge in [0.25, 0.3) is 0 Å². The molecule has 150 valence electrons. The average Bonchev–Trinajstić information content (AvgIpc) is 3.07. The normalized spacial score (nSPS) is 56.4.